The summed E-state index contributed by atoms with van der Waals surface area (Å²) in [5.74, 6) is 1.03. The third-order valence-electron chi connectivity index (χ3n) is 2.29. The first kappa shape index (κ1) is 11.9. The molecule has 0 unspecified atom stereocenters. The molecule has 0 aliphatic heterocycles. The van der Waals surface area contributed by atoms with Crippen LogP contribution in [-0.4, -0.2) is 10.8 Å². The smallest absolute Gasteiger partial charge is 0.104 e. The maximum atomic E-state index is 4.70. The molecule has 0 N–H and O–H groups in total. The van der Waals surface area contributed by atoms with Crippen LogP contribution in [0.5, 0.6) is 0 Å². The lowest BCUT2D eigenvalue weighted by Gasteiger charge is -2.04. The van der Waals surface area contributed by atoms with E-state index in [2.05, 4.69) is 19.1 Å². The fraction of sp³-hybridized carbons (Fsp3) is 0.133. The summed E-state index contributed by atoms with van der Waals surface area (Å²) in [6.07, 6.45) is 0. The molecule has 1 nitrogen and oxygen atoms in total. The number of thioether (sulfide) groups is 1. The highest BCUT2D eigenvalue weighted by molar-refractivity contribution is 8.14. The van der Waals surface area contributed by atoms with Gasteiger partial charge in [-0.05, 0) is 17.9 Å². The molecule has 2 aromatic rings. The van der Waals surface area contributed by atoms with Crippen molar-refractivity contribution in [1.82, 2.24) is 0 Å². The molecule has 0 aliphatic carbocycles. The maximum absolute atomic E-state index is 4.70. The normalized spacial score (nSPS) is 11.5. The molecule has 0 fully saturated rings. The van der Waals surface area contributed by atoms with E-state index in [-0.39, 0.29) is 0 Å². The van der Waals surface area contributed by atoms with E-state index in [9.17, 15) is 0 Å². The van der Waals surface area contributed by atoms with E-state index in [4.69, 9.17) is 4.99 Å². The molecule has 0 bridgehead atoms. The highest BCUT2D eigenvalue weighted by Crippen LogP contribution is 2.19. The molecule has 0 saturated carbocycles. The van der Waals surface area contributed by atoms with Gasteiger partial charge in [0.15, 0.2) is 0 Å². The summed E-state index contributed by atoms with van der Waals surface area (Å²) in [4.78, 5) is 4.70. The van der Waals surface area contributed by atoms with Crippen molar-refractivity contribution in [2.75, 3.05) is 5.75 Å². The van der Waals surface area contributed by atoms with Crippen molar-refractivity contribution < 1.29 is 0 Å². The zero-order valence-electron chi connectivity index (χ0n) is 9.84. The Morgan fingerprint density at radius 2 is 1.53 bits per heavy atom. The average Bonchev–Trinajstić information content (AvgIpc) is 2.40. The van der Waals surface area contributed by atoms with Crippen molar-refractivity contribution in [3.63, 3.8) is 0 Å². The van der Waals surface area contributed by atoms with Gasteiger partial charge in [0, 0.05) is 5.56 Å². The molecule has 0 amide bonds. The van der Waals surface area contributed by atoms with Crippen LogP contribution in [0, 0.1) is 0 Å². The number of hydrogen-bond donors (Lipinski definition) is 0. The van der Waals surface area contributed by atoms with Gasteiger partial charge in [-0.3, -0.25) is 0 Å². The summed E-state index contributed by atoms with van der Waals surface area (Å²) in [6, 6.07) is 20.4. The molecular weight excluding hydrogens is 226 g/mol. The average molecular weight is 241 g/mol. The van der Waals surface area contributed by atoms with Crippen molar-refractivity contribution in [2.45, 2.75) is 6.92 Å². The summed E-state index contributed by atoms with van der Waals surface area (Å²) in [7, 11) is 0. The standard InChI is InChI=1S/C15H15NS/c1-2-17-15(13-9-5-3-6-10-13)16-14-11-7-4-8-12-14/h3-12H,2H2,1H3/b16-15-. The lowest BCUT2D eigenvalue weighted by atomic mass is 10.2. The number of para-hydroxylation sites is 1. The predicted octanol–water partition coefficient (Wildman–Crippen LogP) is 4.52. The first-order valence-corrected chi connectivity index (χ1v) is 6.70. The van der Waals surface area contributed by atoms with E-state index in [1.165, 1.54) is 5.56 Å². The third kappa shape index (κ3) is 3.46. The Morgan fingerprint density at radius 3 is 2.12 bits per heavy atom. The van der Waals surface area contributed by atoms with E-state index in [0.29, 0.717) is 0 Å². The van der Waals surface area contributed by atoms with Crippen LogP contribution in [-0.2, 0) is 0 Å². The Kier molecular flexibility index (Phi) is 4.39. The zero-order chi connectivity index (χ0) is 11.9. The highest BCUT2D eigenvalue weighted by atomic mass is 32.2. The quantitative estimate of drug-likeness (QED) is 0.568. The van der Waals surface area contributed by atoms with Crippen LogP contribution in [0.25, 0.3) is 0 Å². The Bertz CT molecular complexity index is 477. The Balaban J connectivity index is 2.33. The van der Waals surface area contributed by atoms with E-state index in [1.807, 2.05) is 48.5 Å². The minimum absolute atomic E-state index is 1.01. The van der Waals surface area contributed by atoms with Gasteiger partial charge in [0.1, 0.15) is 5.04 Å². The predicted molar refractivity (Wildman–Crippen MR) is 77.2 cm³/mol. The maximum Gasteiger partial charge on any atom is 0.104 e. The molecule has 0 atom stereocenters. The minimum atomic E-state index is 1.01. The van der Waals surface area contributed by atoms with Gasteiger partial charge < -0.3 is 0 Å². The van der Waals surface area contributed by atoms with E-state index >= 15 is 0 Å². The first-order valence-electron chi connectivity index (χ1n) is 5.72. The van der Waals surface area contributed by atoms with Gasteiger partial charge in [0.05, 0.1) is 5.69 Å². The summed E-state index contributed by atoms with van der Waals surface area (Å²) < 4.78 is 0. The monoisotopic (exact) mass is 241 g/mol. The van der Waals surface area contributed by atoms with Crippen molar-refractivity contribution in [1.29, 1.82) is 0 Å². The van der Waals surface area contributed by atoms with Gasteiger partial charge >= 0.3 is 0 Å². The van der Waals surface area contributed by atoms with Crippen molar-refractivity contribution in [3.05, 3.63) is 66.2 Å². The first-order chi connectivity index (χ1) is 8.40. The van der Waals surface area contributed by atoms with Crippen LogP contribution < -0.4 is 0 Å². The highest BCUT2D eigenvalue weighted by Gasteiger charge is 2.02. The van der Waals surface area contributed by atoms with Gasteiger partial charge in [-0.2, -0.15) is 0 Å². The van der Waals surface area contributed by atoms with Crippen molar-refractivity contribution in [3.8, 4) is 0 Å². The van der Waals surface area contributed by atoms with Crippen LogP contribution in [0.4, 0.5) is 5.69 Å². The number of hydrogen-bond acceptors (Lipinski definition) is 2. The molecule has 0 saturated heterocycles. The fourth-order valence-electron chi connectivity index (χ4n) is 1.52. The lowest BCUT2D eigenvalue weighted by molar-refractivity contribution is 1.51. The summed E-state index contributed by atoms with van der Waals surface area (Å²) in [5, 5.41) is 1.08. The molecule has 0 aliphatic rings. The van der Waals surface area contributed by atoms with Crippen LogP contribution in [0.1, 0.15) is 12.5 Å². The third-order valence-corrected chi connectivity index (χ3v) is 3.18. The second kappa shape index (κ2) is 6.26. The van der Waals surface area contributed by atoms with Crippen molar-refractivity contribution in [2.24, 2.45) is 4.99 Å². The van der Waals surface area contributed by atoms with Gasteiger partial charge in [0.2, 0.25) is 0 Å². The second-order valence-electron chi connectivity index (χ2n) is 3.55. The van der Waals surface area contributed by atoms with Gasteiger partial charge in [-0.1, -0.05) is 55.5 Å². The minimum Gasteiger partial charge on any atom is -0.241 e. The summed E-state index contributed by atoms with van der Waals surface area (Å²) in [5.41, 5.74) is 2.19. The van der Waals surface area contributed by atoms with Gasteiger partial charge in [0.25, 0.3) is 0 Å². The molecule has 2 heteroatoms. The molecule has 17 heavy (non-hydrogen) atoms. The Hall–Kier alpha value is -1.54. The number of nitrogens with zero attached hydrogens (tertiary/aromatic N) is 1. The molecule has 0 spiro atoms. The summed E-state index contributed by atoms with van der Waals surface area (Å²) in [6.45, 7) is 2.15. The molecule has 2 rings (SSSR count). The van der Waals surface area contributed by atoms with Gasteiger partial charge in [-0.15, -0.1) is 11.8 Å². The molecule has 0 radical (unpaired) electrons. The van der Waals surface area contributed by atoms with E-state index in [1.54, 1.807) is 11.8 Å². The number of aliphatic imine (C=N–C) groups is 1. The SMILES string of the molecule is CCS/C(=N\c1ccccc1)c1ccccc1. The summed E-state index contributed by atoms with van der Waals surface area (Å²) >= 11 is 1.77. The number of benzene rings is 2. The van der Waals surface area contributed by atoms with E-state index < -0.39 is 0 Å². The molecule has 2 aromatic carbocycles. The van der Waals surface area contributed by atoms with E-state index in [0.717, 1.165) is 16.5 Å². The molecular formula is C15H15NS. The van der Waals surface area contributed by atoms with Crippen LogP contribution in [0.2, 0.25) is 0 Å². The Labute approximate surface area is 107 Å². The fourth-order valence-corrected chi connectivity index (χ4v) is 2.26. The topological polar surface area (TPSA) is 12.4 Å². The lowest BCUT2D eigenvalue weighted by Crippen LogP contribution is -1.95. The molecule has 86 valence electrons. The van der Waals surface area contributed by atoms with Crippen molar-refractivity contribution >= 4 is 22.5 Å². The van der Waals surface area contributed by atoms with Crippen LogP contribution in [0.15, 0.2) is 65.7 Å². The van der Waals surface area contributed by atoms with Crippen LogP contribution >= 0.6 is 11.8 Å². The zero-order valence-corrected chi connectivity index (χ0v) is 10.7. The largest absolute Gasteiger partial charge is 0.241 e. The van der Waals surface area contributed by atoms with Crippen LogP contribution in [0.3, 0.4) is 0 Å². The second-order valence-corrected chi connectivity index (χ2v) is 4.80. The number of rotatable bonds is 3. The molecule has 0 heterocycles. The molecule has 0 aromatic heterocycles. The van der Waals surface area contributed by atoms with Gasteiger partial charge in [-0.25, -0.2) is 4.99 Å². The Morgan fingerprint density at radius 1 is 0.941 bits per heavy atom.